The first-order valence-corrected chi connectivity index (χ1v) is 4.46. The summed E-state index contributed by atoms with van der Waals surface area (Å²) in [6, 6.07) is 0. The Labute approximate surface area is 84.1 Å². The van der Waals surface area contributed by atoms with Crippen LogP contribution in [0.4, 0.5) is 13.2 Å². The van der Waals surface area contributed by atoms with Crippen molar-refractivity contribution in [3.8, 4) is 0 Å². The van der Waals surface area contributed by atoms with Gasteiger partial charge < -0.3 is 0 Å². The van der Waals surface area contributed by atoms with E-state index in [1.807, 2.05) is 6.92 Å². The second-order valence-electron chi connectivity index (χ2n) is 3.02. The highest BCUT2D eigenvalue weighted by Gasteiger charge is 2.39. The number of halogens is 3. The number of alkyl halides is 3. The van der Waals surface area contributed by atoms with E-state index in [0.717, 1.165) is 11.1 Å². The number of rotatable bonds is 4. The lowest BCUT2D eigenvalue weighted by Gasteiger charge is -2.08. The van der Waals surface area contributed by atoms with Crippen LogP contribution in [-0.2, 0) is 12.7 Å². The zero-order valence-electron chi connectivity index (χ0n) is 8.08. The van der Waals surface area contributed by atoms with E-state index in [4.69, 9.17) is 0 Å². The second kappa shape index (κ2) is 4.41. The minimum atomic E-state index is -4.59. The van der Waals surface area contributed by atoms with Crippen molar-refractivity contribution in [2.75, 3.05) is 0 Å². The summed E-state index contributed by atoms with van der Waals surface area (Å²) in [6.07, 6.45) is -3.22. The highest BCUT2D eigenvalue weighted by atomic mass is 19.4. The molecule has 0 fully saturated rings. The third-order valence-corrected chi connectivity index (χ3v) is 1.86. The molecule has 0 aromatic carbocycles. The second-order valence-corrected chi connectivity index (χ2v) is 3.02. The van der Waals surface area contributed by atoms with Crippen LogP contribution in [0, 0.1) is 0 Å². The Balaban J connectivity index is 3.06. The lowest BCUT2D eigenvalue weighted by atomic mass is 10.3. The monoisotopic (exact) mass is 221 g/mol. The normalized spacial score (nSPS) is 11.7. The average Bonchev–Trinajstić information content (AvgIpc) is 2.56. The number of aryl methyl sites for hydroxylation is 1. The molecule has 0 unspecified atom stereocenters. The summed E-state index contributed by atoms with van der Waals surface area (Å²) in [5.41, 5.74) is -1.72. The number of aromatic nitrogens is 3. The van der Waals surface area contributed by atoms with Gasteiger partial charge in [-0.3, -0.25) is 4.79 Å². The van der Waals surface area contributed by atoms with Crippen molar-refractivity contribution in [1.82, 2.24) is 15.0 Å². The molecular formula is C8H10F3N3O. The van der Waals surface area contributed by atoms with Crippen molar-refractivity contribution in [2.24, 2.45) is 0 Å². The van der Waals surface area contributed by atoms with E-state index in [9.17, 15) is 18.0 Å². The van der Waals surface area contributed by atoms with E-state index in [1.165, 1.54) is 0 Å². The first kappa shape index (κ1) is 11.7. The molecule has 0 aliphatic rings. The van der Waals surface area contributed by atoms with E-state index in [-0.39, 0.29) is 12.8 Å². The van der Waals surface area contributed by atoms with Gasteiger partial charge in [-0.25, -0.2) is 4.68 Å². The summed E-state index contributed by atoms with van der Waals surface area (Å²) in [7, 11) is 0. The van der Waals surface area contributed by atoms with Crippen LogP contribution in [0.1, 0.15) is 35.9 Å². The Morgan fingerprint density at radius 1 is 1.47 bits per heavy atom. The molecule has 15 heavy (non-hydrogen) atoms. The van der Waals surface area contributed by atoms with Crippen molar-refractivity contribution >= 4 is 6.29 Å². The molecule has 0 aliphatic heterocycles. The van der Waals surface area contributed by atoms with Crippen molar-refractivity contribution in [1.29, 1.82) is 0 Å². The van der Waals surface area contributed by atoms with Crippen LogP contribution in [0.15, 0.2) is 0 Å². The Bertz CT molecular complexity index is 345. The van der Waals surface area contributed by atoms with E-state index < -0.39 is 17.6 Å². The highest BCUT2D eigenvalue weighted by molar-refractivity contribution is 5.73. The zero-order valence-corrected chi connectivity index (χ0v) is 8.08. The number of hydrogen-bond acceptors (Lipinski definition) is 3. The van der Waals surface area contributed by atoms with Gasteiger partial charge in [-0.05, 0) is 6.42 Å². The van der Waals surface area contributed by atoms with E-state index >= 15 is 0 Å². The summed E-state index contributed by atoms with van der Waals surface area (Å²) in [5, 5.41) is 6.49. The average molecular weight is 221 g/mol. The number of hydrogen-bond donors (Lipinski definition) is 0. The molecule has 0 radical (unpaired) electrons. The number of aldehydes is 1. The molecule has 1 heterocycles. The molecule has 1 aromatic rings. The molecule has 0 saturated carbocycles. The van der Waals surface area contributed by atoms with Gasteiger partial charge in [0, 0.05) is 6.54 Å². The van der Waals surface area contributed by atoms with Gasteiger partial charge in [0.15, 0.2) is 17.7 Å². The van der Waals surface area contributed by atoms with E-state index in [2.05, 4.69) is 10.3 Å². The summed E-state index contributed by atoms with van der Waals surface area (Å²) in [5.74, 6) is 0. The molecule has 0 N–H and O–H groups in total. The number of carbonyl (C=O) groups excluding carboxylic acids is 1. The predicted molar refractivity (Wildman–Crippen MR) is 45.3 cm³/mol. The number of unbranched alkanes of at least 4 members (excludes halogenated alkanes) is 1. The molecule has 0 atom stereocenters. The van der Waals surface area contributed by atoms with Crippen LogP contribution in [0.5, 0.6) is 0 Å². The van der Waals surface area contributed by atoms with Crippen LogP contribution in [0.25, 0.3) is 0 Å². The Morgan fingerprint density at radius 2 is 2.13 bits per heavy atom. The lowest BCUT2D eigenvalue weighted by molar-refractivity contribution is -0.144. The third kappa shape index (κ3) is 2.54. The van der Waals surface area contributed by atoms with Crippen LogP contribution < -0.4 is 0 Å². The van der Waals surface area contributed by atoms with E-state index in [1.54, 1.807) is 0 Å². The molecule has 0 amide bonds. The third-order valence-electron chi connectivity index (χ3n) is 1.86. The smallest absolute Gasteiger partial charge is 0.296 e. The molecule has 0 bridgehead atoms. The molecule has 0 saturated heterocycles. The standard InChI is InChI=1S/C8H10F3N3O/c1-2-3-4-14-7(8(9,10)11)6(5-15)12-13-14/h5H,2-4H2,1H3. The summed E-state index contributed by atoms with van der Waals surface area (Å²) in [6.45, 7) is 1.97. The first-order valence-electron chi connectivity index (χ1n) is 4.46. The maximum Gasteiger partial charge on any atom is 0.435 e. The van der Waals surface area contributed by atoms with Crippen molar-refractivity contribution in [2.45, 2.75) is 32.5 Å². The minimum absolute atomic E-state index is 0.0677. The zero-order chi connectivity index (χ0) is 11.5. The fraction of sp³-hybridized carbons (Fsp3) is 0.625. The van der Waals surface area contributed by atoms with Crippen molar-refractivity contribution in [3.05, 3.63) is 11.4 Å². The van der Waals surface area contributed by atoms with E-state index in [0.29, 0.717) is 6.42 Å². The van der Waals surface area contributed by atoms with Crippen LogP contribution in [-0.4, -0.2) is 21.3 Å². The number of nitrogens with zero attached hydrogens (tertiary/aromatic N) is 3. The molecule has 7 heteroatoms. The van der Waals surface area contributed by atoms with Crippen LogP contribution in [0.3, 0.4) is 0 Å². The number of carbonyl (C=O) groups is 1. The van der Waals surface area contributed by atoms with Gasteiger partial charge in [-0.15, -0.1) is 5.10 Å². The van der Waals surface area contributed by atoms with Gasteiger partial charge >= 0.3 is 6.18 Å². The molecule has 4 nitrogen and oxygen atoms in total. The fourth-order valence-electron chi connectivity index (χ4n) is 1.16. The van der Waals surface area contributed by atoms with Gasteiger partial charge in [0.25, 0.3) is 0 Å². The van der Waals surface area contributed by atoms with Gasteiger partial charge in [-0.2, -0.15) is 13.2 Å². The van der Waals surface area contributed by atoms with Gasteiger partial charge in [-0.1, -0.05) is 18.6 Å². The maximum absolute atomic E-state index is 12.5. The topological polar surface area (TPSA) is 47.8 Å². The Hall–Kier alpha value is -1.40. The molecule has 84 valence electrons. The first-order chi connectivity index (χ1) is 7.00. The van der Waals surface area contributed by atoms with Crippen molar-refractivity contribution < 1.29 is 18.0 Å². The highest BCUT2D eigenvalue weighted by Crippen LogP contribution is 2.30. The van der Waals surface area contributed by atoms with Crippen LogP contribution in [0.2, 0.25) is 0 Å². The Morgan fingerprint density at radius 3 is 2.60 bits per heavy atom. The SMILES string of the molecule is CCCCn1nnc(C=O)c1C(F)(F)F. The Kier molecular flexibility index (Phi) is 3.43. The summed E-state index contributed by atoms with van der Waals surface area (Å²) >= 11 is 0. The van der Waals surface area contributed by atoms with Crippen LogP contribution >= 0.6 is 0 Å². The fourth-order valence-corrected chi connectivity index (χ4v) is 1.16. The van der Waals surface area contributed by atoms with Gasteiger partial charge in [0.1, 0.15) is 0 Å². The summed E-state index contributed by atoms with van der Waals surface area (Å²) in [4.78, 5) is 10.3. The largest absolute Gasteiger partial charge is 0.435 e. The lowest BCUT2D eigenvalue weighted by Crippen LogP contribution is -2.16. The molecule has 0 spiro atoms. The summed E-state index contributed by atoms with van der Waals surface area (Å²) < 4.78 is 38.2. The molecular weight excluding hydrogens is 211 g/mol. The quantitative estimate of drug-likeness (QED) is 0.729. The molecule has 1 rings (SSSR count). The van der Waals surface area contributed by atoms with Gasteiger partial charge in [0.05, 0.1) is 0 Å². The predicted octanol–water partition coefficient (Wildman–Crippen LogP) is 1.91. The maximum atomic E-state index is 12.5. The van der Waals surface area contributed by atoms with Gasteiger partial charge in [0.2, 0.25) is 0 Å². The van der Waals surface area contributed by atoms with Crippen molar-refractivity contribution in [3.63, 3.8) is 0 Å². The molecule has 0 aliphatic carbocycles. The minimum Gasteiger partial charge on any atom is -0.296 e. The molecule has 1 aromatic heterocycles.